The van der Waals surface area contributed by atoms with Crippen molar-refractivity contribution >= 4 is 11.9 Å². The van der Waals surface area contributed by atoms with Gasteiger partial charge in [-0.1, -0.05) is 20.8 Å². The van der Waals surface area contributed by atoms with E-state index in [1.54, 1.807) is 0 Å². The predicted octanol–water partition coefficient (Wildman–Crippen LogP) is -0.665. The van der Waals surface area contributed by atoms with E-state index >= 15 is 0 Å². The van der Waals surface area contributed by atoms with Crippen molar-refractivity contribution in [3.05, 3.63) is 0 Å². The smallest absolute Gasteiger partial charge is 0.304 e. The lowest BCUT2D eigenvalue weighted by Gasteiger charge is -2.38. The summed E-state index contributed by atoms with van der Waals surface area (Å²) in [5.41, 5.74) is 0. The van der Waals surface area contributed by atoms with Gasteiger partial charge in [-0.3, -0.25) is 9.59 Å². The van der Waals surface area contributed by atoms with Gasteiger partial charge in [0.25, 0.3) is 0 Å². The number of carbonyl (C=O) groups is 2. The summed E-state index contributed by atoms with van der Waals surface area (Å²) in [5.74, 6) is -0.555. The Balaban J connectivity index is 0.000000561. The average molecular weight is 351 g/mol. The molecule has 0 saturated carbocycles. The van der Waals surface area contributed by atoms with Crippen LogP contribution in [0.4, 0.5) is 0 Å². The number of aliphatic hydroxyl groups is 3. The Morgan fingerprint density at radius 1 is 1.17 bits per heavy atom. The molecule has 0 radical (unpaired) electrons. The van der Waals surface area contributed by atoms with Crippen molar-refractivity contribution in [3.8, 4) is 0 Å². The van der Waals surface area contributed by atoms with Crippen LogP contribution in [0.15, 0.2) is 0 Å². The summed E-state index contributed by atoms with van der Waals surface area (Å²) in [4.78, 5) is 20.7. The van der Waals surface area contributed by atoms with E-state index in [9.17, 15) is 24.9 Å². The molecule has 24 heavy (non-hydrogen) atoms. The van der Waals surface area contributed by atoms with Crippen LogP contribution in [0.2, 0.25) is 0 Å². The predicted molar refractivity (Wildman–Crippen MR) is 83.3 cm³/mol. The quantitative estimate of drug-likeness (QED) is 0.379. The van der Waals surface area contributed by atoms with Crippen LogP contribution < -0.4 is 5.32 Å². The number of esters is 1. The van der Waals surface area contributed by atoms with Gasteiger partial charge in [0, 0.05) is 26.3 Å². The third kappa shape index (κ3) is 9.14. The van der Waals surface area contributed by atoms with E-state index in [0.29, 0.717) is 5.92 Å². The molecule has 9 heteroatoms. The van der Waals surface area contributed by atoms with Gasteiger partial charge in [-0.05, 0) is 5.92 Å². The highest BCUT2D eigenvalue weighted by Crippen LogP contribution is 2.24. The van der Waals surface area contributed by atoms with Gasteiger partial charge < -0.3 is 34.8 Å². The summed E-state index contributed by atoms with van der Waals surface area (Å²) in [5, 5.41) is 31.1. The summed E-state index contributed by atoms with van der Waals surface area (Å²) >= 11 is 0. The van der Waals surface area contributed by atoms with Crippen LogP contribution >= 0.6 is 0 Å². The lowest BCUT2D eigenvalue weighted by atomic mass is 9.96. The molecule has 1 heterocycles. The monoisotopic (exact) mass is 351 g/mol. The molecular formula is C15H29NO8. The Labute approximate surface area is 141 Å². The van der Waals surface area contributed by atoms with Crippen molar-refractivity contribution in [1.82, 2.24) is 5.32 Å². The third-order valence-electron chi connectivity index (χ3n) is 3.14. The first-order valence-electron chi connectivity index (χ1n) is 7.75. The lowest BCUT2D eigenvalue weighted by Crippen LogP contribution is -2.54. The van der Waals surface area contributed by atoms with Crippen molar-refractivity contribution in [1.29, 1.82) is 0 Å². The number of amides is 1. The van der Waals surface area contributed by atoms with E-state index in [4.69, 9.17) is 9.47 Å². The fraction of sp³-hybridized carbons (Fsp3) is 0.867. The maximum absolute atomic E-state index is 10.4. The van der Waals surface area contributed by atoms with E-state index in [1.807, 2.05) is 0 Å². The molecule has 0 aliphatic carbocycles. The zero-order chi connectivity index (χ0) is 18.9. The zero-order valence-electron chi connectivity index (χ0n) is 14.8. The SMILES string of the molecule is CC(=O)NCC(C)C.CC(=O)OCOC1OC(O)C(C)C(O)C1O. The lowest BCUT2D eigenvalue weighted by molar-refractivity contribution is -0.337. The number of nitrogens with one attached hydrogen (secondary N) is 1. The van der Waals surface area contributed by atoms with Gasteiger partial charge in [-0.15, -0.1) is 0 Å². The molecule has 0 aromatic heterocycles. The fourth-order valence-electron chi connectivity index (χ4n) is 1.65. The van der Waals surface area contributed by atoms with E-state index in [1.165, 1.54) is 20.8 Å². The van der Waals surface area contributed by atoms with Gasteiger partial charge in [0.1, 0.15) is 6.10 Å². The fourth-order valence-corrected chi connectivity index (χ4v) is 1.65. The van der Waals surface area contributed by atoms with Crippen LogP contribution in [-0.2, 0) is 23.8 Å². The van der Waals surface area contributed by atoms with E-state index < -0.39 is 43.5 Å². The number of aliphatic hydroxyl groups excluding tert-OH is 3. The summed E-state index contributed by atoms with van der Waals surface area (Å²) in [6.45, 7) is 8.77. The Bertz CT molecular complexity index is 390. The average Bonchev–Trinajstić information content (AvgIpc) is 2.48. The summed E-state index contributed by atoms with van der Waals surface area (Å²) in [6, 6.07) is 0. The highest BCUT2D eigenvalue weighted by Gasteiger charge is 2.42. The van der Waals surface area contributed by atoms with E-state index in [-0.39, 0.29) is 5.91 Å². The Morgan fingerprint density at radius 3 is 2.17 bits per heavy atom. The van der Waals surface area contributed by atoms with Gasteiger partial charge in [0.05, 0.1) is 6.10 Å². The molecule has 0 aromatic rings. The van der Waals surface area contributed by atoms with Crippen LogP contribution in [0, 0.1) is 11.8 Å². The molecule has 142 valence electrons. The topological polar surface area (TPSA) is 135 Å². The maximum atomic E-state index is 10.4. The molecule has 0 spiro atoms. The minimum Gasteiger partial charge on any atom is -0.439 e. The Kier molecular flexibility index (Phi) is 10.7. The first kappa shape index (κ1) is 22.7. The van der Waals surface area contributed by atoms with Crippen LogP contribution in [0.1, 0.15) is 34.6 Å². The first-order chi connectivity index (χ1) is 11.1. The summed E-state index contributed by atoms with van der Waals surface area (Å²) < 4.78 is 14.2. The van der Waals surface area contributed by atoms with E-state index in [2.05, 4.69) is 23.9 Å². The second-order valence-corrected chi connectivity index (χ2v) is 5.99. The molecule has 1 rings (SSSR count). The van der Waals surface area contributed by atoms with Crippen molar-refractivity contribution < 1.29 is 39.1 Å². The van der Waals surface area contributed by atoms with Crippen molar-refractivity contribution in [2.24, 2.45) is 11.8 Å². The molecule has 1 aliphatic heterocycles. The van der Waals surface area contributed by atoms with Crippen LogP contribution in [0.25, 0.3) is 0 Å². The third-order valence-corrected chi connectivity index (χ3v) is 3.14. The standard InChI is InChI=1S/C9H16O7.C6H13NO/c1-4-6(11)7(12)9(16-8(4)13)15-3-14-5(2)10;1-5(2)4-7-6(3)8/h4,6-9,11-13H,3H2,1-2H3;5H,4H2,1-3H3,(H,7,8). The normalized spacial score (nSPS) is 29.5. The highest BCUT2D eigenvalue weighted by atomic mass is 16.8. The second kappa shape index (κ2) is 11.3. The van der Waals surface area contributed by atoms with Gasteiger partial charge >= 0.3 is 5.97 Å². The van der Waals surface area contributed by atoms with E-state index in [0.717, 1.165) is 6.54 Å². The first-order valence-corrected chi connectivity index (χ1v) is 7.75. The number of hydrogen-bond acceptors (Lipinski definition) is 8. The molecule has 1 fully saturated rings. The summed E-state index contributed by atoms with van der Waals surface area (Å²) in [6.07, 6.45) is -4.92. The molecule has 9 nitrogen and oxygen atoms in total. The molecule has 4 N–H and O–H groups in total. The molecule has 1 aliphatic rings. The summed E-state index contributed by atoms with van der Waals surface area (Å²) in [7, 11) is 0. The largest absolute Gasteiger partial charge is 0.439 e. The maximum Gasteiger partial charge on any atom is 0.304 e. The van der Waals surface area contributed by atoms with Crippen molar-refractivity contribution in [2.45, 2.75) is 59.4 Å². The minimum absolute atomic E-state index is 0.0544. The van der Waals surface area contributed by atoms with Crippen molar-refractivity contribution in [2.75, 3.05) is 13.3 Å². The molecule has 0 aromatic carbocycles. The Hall–Kier alpha value is -1.26. The van der Waals surface area contributed by atoms with Crippen LogP contribution in [-0.4, -0.2) is 65.3 Å². The molecular weight excluding hydrogens is 322 g/mol. The van der Waals surface area contributed by atoms with Gasteiger partial charge in [0.2, 0.25) is 5.91 Å². The minimum atomic E-state index is -1.30. The molecule has 5 atom stereocenters. The number of carbonyl (C=O) groups excluding carboxylic acids is 2. The number of rotatable bonds is 5. The molecule has 1 saturated heterocycles. The number of ether oxygens (including phenoxy) is 3. The second-order valence-electron chi connectivity index (χ2n) is 5.99. The number of hydrogen-bond donors (Lipinski definition) is 4. The molecule has 0 bridgehead atoms. The van der Waals surface area contributed by atoms with Gasteiger partial charge in [-0.2, -0.15) is 0 Å². The highest BCUT2D eigenvalue weighted by molar-refractivity contribution is 5.72. The van der Waals surface area contributed by atoms with Gasteiger partial charge in [-0.25, -0.2) is 0 Å². The van der Waals surface area contributed by atoms with Crippen LogP contribution in [0.3, 0.4) is 0 Å². The van der Waals surface area contributed by atoms with Crippen LogP contribution in [0.5, 0.6) is 0 Å². The van der Waals surface area contributed by atoms with Crippen molar-refractivity contribution in [3.63, 3.8) is 0 Å². The Morgan fingerprint density at radius 2 is 1.75 bits per heavy atom. The molecule has 1 amide bonds. The molecule has 5 unspecified atom stereocenters. The van der Waals surface area contributed by atoms with Gasteiger partial charge in [0.15, 0.2) is 19.4 Å². The zero-order valence-corrected chi connectivity index (χ0v) is 14.8.